The van der Waals surface area contributed by atoms with Crippen LogP contribution in [0.15, 0.2) is 0 Å². The Morgan fingerprint density at radius 1 is 1.29 bits per heavy atom. The van der Waals surface area contributed by atoms with Crippen molar-refractivity contribution in [1.29, 1.82) is 0 Å². The predicted octanol–water partition coefficient (Wildman–Crippen LogP) is 1.89. The van der Waals surface area contributed by atoms with Crippen LogP contribution in [0.1, 0.15) is 55.7 Å². The number of nitrogens with zero attached hydrogens (tertiary/aromatic N) is 3. The third-order valence-electron chi connectivity index (χ3n) is 3.95. The molecular formula is C12H17N3O2. The van der Waals surface area contributed by atoms with E-state index >= 15 is 0 Å². The lowest BCUT2D eigenvalue weighted by molar-refractivity contribution is -0.141. The van der Waals surface area contributed by atoms with Crippen LogP contribution in [0, 0.1) is 12.8 Å². The fourth-order valence-corrected chi connectivity index (χ4v) is 2.89. The Kier molecular flexibility index (Phi) is 2.42. The van der Waals surface area contributed by atoms with Gasteiger partial charge in [0.25, 0.3) is 0 Å². The quantitative estimate of drug-likeness (QED) is 0.868. The van der Waals surface area contributed by atoms with Crippen LogP contribution < -0.4 is 0 Å². The van der Waals surface area contributed by atoms with Gasteiger partial charge in [-0.3, -0.25) is 4.79 Å². The molecule has 2 unspecified atom stereocenters. The monoisotopic (exact) mass is 235 g/mol. The molecule has 0 spiro atoms. The molecule has 0 aromatic carbocycles. The molecule has 2 fully saturated rings. The van der Waals surface area contributed by atoms with Crippen molar-refractivity contribution >= 4 is 5.97 Å². The lowest BCUT2D eigenvalue weighted by Crippen LogP contribution is -2.11. The highest BCUT2D eigenvalue weighted by molar-refractivity contribution is 5.70. The number of carbonyl (C=O) groups is 1. The Bertz CT molecular complexity index is 451. The van der Waals surface area contributed by atoms with Crippen molar-refractivity contribution in [1.82, 2.24) is 14.8 Å². The van der Waals surface area contributed by atoms with Crippen molar-refractivity contribution in [2.24, 2.45) is 5.92 Å². The highest BCUT2D eigenvalue weighted by Gasteiger charge is 2.36. The molecule has 0 radical (unpaired) electrons. The van der Waals surface area contributed by atoms with Crippen LogP contribution in [0.3, 0.4) is 0 Å². The lowest BCUT2D eigenvalue weighted by atomic mass is 10.0. The van der Waals surface area contributed by atoms with E-state index < -0.39 is 5.97 Å². The van der Waals surface area contributed by atoms with Gasteiger partial charge < -0.3 is 9.67 Å². The molecule has 5 heteroatoms. The first-order valence-corrected chi connectivity index (χ1v) is 6.31. The normalized spacial score (nSPS) is 28.5. The molecule has 1 heterocycles. The lowest BCUT2D eigenvalue weighted by Gasteiger charge is -2.12. The van der Waals surface area contributed by atoms with Crippen LogP contribution in [0.5, 0.6) is 0 Å². The number of aliphatic carboxylic acids is 1. The SMILES string of the molecule is Cc1nnc(C2CCC(C(=O)O)C2)n1C1CC1. The number of rotatable bonds is 3. The summed E-state index contributed by atoms with van der Waals surface area (Å²) in [6.07, 6.45) is 4.85. The Hall–Kier alpha value is -1.39. The third kappa shape index (κ3) is 1.83. The van der Waals surface area contributed by atoms with Gasteiger partial charge in [-0.1, -0.05) is 0 Å². The Balaban J connectivity index is 1.83. The average Bonchev–Trinajstić information content (AvgIpc) is 2.87. The fraction of sp³-hybridized carbons (Fsp3) is 0.750. The van der Waals surface area contributed by atoms with Gasteiger partial charge in [-0.25, -0.2) is 0 Å². The van der Waals surface area contributed by atoms with Crippen LogP contribution in [0.4, 0.5) is 0 Å². The molecule has 92 valence electrons. The van der Waals surface area contributed by atoms with Crippen molar-refractivity contribution < 1.29 is 9.90 Å². The molecule has 2 aliphatic carbocycles. The molecule has 3 rings (SSSR count). The summed E-state index contributed by atoms with van der Waals surface area (Å²) < 4.78 is 2.23. The molecule has 5 nitrogen and oxygen atoms in total. The van der Waals surface area contributed by atoms with E-state index in [1.54, 1.807) is 0 Å². The van der Waals surface area contributed by atoms with Gasteiger partial charge in [-0.2, -0.15) is 0 Å². The second-order valence-corrected chi connectivity index (χ2v) is 5.25. The molecule has 2 saturated carbocycles. The smallest absolute Gasteiger partial charge is 0.306 e. The van der Waals surface area contributed by atoms with E-state index in [9.17, 15) is 4.79 Å². The van der Waals surface area contributed by atoms with Gasteiger partial charge in [-0.15, -0.1) is 10.2 Å². The van der Waals surface area contributed by atoms with Gasteiger partial charge in [0.1, 0.15) is 11.6 Å². The number of aryl methyl sites for hydroxylation is 1. The minimum atomic E-state index is -0.665. The molecule has 2 aliphatic rings. The number of carboxylic acid groups (broad SMARTS) is 1. The van der Waals surface area contributed by atoms with Crippen molar-refractivity contribution in [3.8, 4) is 0 Å². The van der Waals surface area contributed by atoms with E-state index in [4.69, 9.17) is 5.11 Å². The van der Waals surface area contributed by atoms with E-state index in [0.717, 1.165) is 30.9 Å². The summed E-state index contributed by atoms with van der Waals surface area (Å²) in [5, 5.41) is 17.5. The van der Waals surface area contributed by atoms with Gasteiger partial charge >= 0.3 is 5.97 Å². The van der Waals surface area contributed by atoms with E-state index in [0.29, 0.717) is 6.04 Å². The molecular weight excluding hydrogens is 218 g/mol. The Morgan fingerprint density at radius 3 is 2.65 bits per heavy atom. The van der Waals surface area contributed by atoms with Crippen molar-refractivity contribution in [2.45, 2.75) is 51.0 Å². The zero-order valence-electron chi connectivity index (χ0n) is 9.96. The molecule has 17 heavy (non-hydrogen) atoms. The van der Waals surface area contributed by atoms with Crippen LogP contribution in [0.25, 0.3) is 0 Å². The number of hydrogen-bond donors (Lipinski definition) is 1. The predicted molar refractivity (Wildman–Crippen MR) is 60.7 cm³/mol. The van der Waals surface area contributed by atoms with Crippen LogP contribution in [-0.2, 0) is 4.79 Å². The molecule has 1 aromatic rings. The maximum Gasteiger partial charge on any atom is 0.306 e. The molecule has 0 amide bonds. The summed E-state index contributed by atoms with van der Waals surface area (Å²) in [4.78, 5) is 11.0. The highest BCUT2D eigenvalue weighted by atomic mass is 16.4. The molecule has 0 bridgehead atoms. The maximum atomic E-state index is 11.0. The summed E-state index contributed by atoms with van der Waals surface area (Å²) in [5.74, 6) is 1.43. The summed E-state index contributed by atoms with van der Waals surface area (Å²) in [7, 11) is 0. The second kappa shape index (κ2) is 3.82. The van der Waals surface area contributed by atoms with Gasteiger partial charge in [0, 0.05) is 12.0 Å². The number of carboxylic acids is 1. The van der Waals surface area contributed by atoms with Crippen LogP contribution >= 0.6 is 0 Å². The first kappa shape index (κ1) is 10.7. The second-order valence-electron chi connectivity index (χ2n) is 5.25. The number of hydrogen-bond acceptors (Lipinski definition) is 3. The largest absolute Gasteiger partial charge is 0.481 e. The van der Waals surface area contributed by atoms with Gasteiger partial charge in [0.05, 0.1) is 5.92 Å². The van der Waals surface area contributed by atoms with Crippen molar-refractivity contribution in [2.75, 3.05) is 0 Å². The van der Waals surface area contributed by atoms with E-state index in [1.165, 1.54) is 12.8 Å². The molecule has 2 atom stereocenters. The Labute approximate surface area is 99.9 Å². The molecule has 1 aromatic heterocycles. The standard InChI is InChI=1S/C12H17N3O2/c1-7-13-14-11(15(7)10-4-5-10)8-2-3-9(6-8)12(16)17/h8-10H,2-6H2,1H3,(H,16,17). The molecule has 0 aliphatic heterocycles. The highest BCUT2D eigenvalue weighted by Crippen LogP contribution is 2.42. The number of aromatic nitrogens is 3. The fourth-order valence-electron chi connectivity index (χ4n) is 2.89. The van der Waals surface area contributed by atoms with E-state index in [2.05, 4.69) is 14.8 Å². The minimum Gasteiger partial charge on any atom is -0.481 e. The van der Waals surface area contributed by atoms with Gasteiger partial charge in [0.15, 0.2) is 0 Å². The minimum absolute atomic E-state index is 0.190. The average molecular weight is 235 g/mol. The van der Waals surface area contributed by atoms with Gasteiger partial charge in [0.2, 0.25) is 0 Å². The first-order chi connectivity index (χ1) is 8.16. The van der Waals surface area contributed by atoms with Crippen molar-refractivity contribution in [3.63, 3.8) is 0 Å². The Morgan fingerprint density at radius 2 is 2.06 bits per heavy atom. The third-order valence-corrected chi connectivity index (χ3v) is 3.95. The summed E-state index contributed by atoms with van der Waals surface area (Å²) in [6.45, 7) is 1.98. The molecule has 0 saturated heterocycles. The zero-order chi connectivity index (χ0) is 12.0. The van der Waals surface area contributed by atoms with Crippen LogP contribution in [0.2, 0.25) is 0 Å². The topological polar surface area (TPSA) is 68.0 Å². The zero-order valence-corrected chi connectivity index (χ0v) is 9.96. The van der Waals surface area contributed by atoms with Crippen LogP contribution in [-0.4, -0.2) is 25.8 Å². The molecule has 1 N–H and O–H groups in total. The van der Waals surface area contributed by atoms with E-state index in [-0.39, 0.29) is 11.8 Å². The van der Waals surface area contributed by atoms with E-state index in [1.807, 2.05) is 6.92 Å². The van der Waals surface area contributed by atoms with Crippen molar-refractivity contribution in [3.05, 3.63) is 11.6 Å². The van der Waals surface area contributed by atoms with Gasteiger partial charge in [-0.05, 0) is 39.0 Å². The summed E-state index contributed by atoms with van der Waals surface area (Å²) in [5.41, 5.74) is 0. The summed E-state index contributed by atoms with van der Waals surface area (Å²) >= 11 is 0. The first-order valence-electron chi connectivity index (χ1n) is 6.31. The maximum absolute atomic E-state index is 11.0. The summed E-state index contributed by atoms with van der Waals surface area (Å²) in [6, 6.07) is 0.573.